The molecule has 6 nitrogen and oxygen atoms in total. The van der Waals surface area contributed by atoms with Crippen LogP contribution in [0.25, 0.3) is 11.3 Å². The lowest BCUT2D eigenvalue weighted by molar-refractivity contribution is -0.114. The maximum absolute atomic E-state index is 14.2. The lowest BCUT2D eigenvalue weighted by Crippen LogP contribution is -2.11. The molecule has 0 spiro atoms. The van der Waals surface area contributed by atoms with E-state index in [0.717, 1.165) is 0 Å². The first kappa shape index (κ1) is 16.7. The summed E-state index contributed by atoms with van der Waals surface area (Å²) in [5, 5.41) is 7.20. The Morgan fingerprint density at radius 3 is 2.56 bits per heavy atom. The topological polar surface area (TPSA) is 84.0 Å². The Bertz CT molecular complexity index is 927. The van der Waals surface area contributed by atoms with E-state index in [0.29, 0.717) is 22.1 Å². The maximum Gasteiger partial charge on any atom is 0.257 e. The number of hydrogen-bond donors (Lipinski definition) is 2. The van der Waals surface area contributed by atoms with E-state index in [4.69, 9.17) is 0 Å². The van der Waals surface area contributed by atoms with Gasteiger partial charge in [0, 0.05) is 41.5 Å². The third-order valence-electron chi connectivity index (χ3n) is 3.23. The molecule has 2 heterocycles. The summed E-state index contributed by atoms with van der Waals surface area (Å²) < 4.78 is 14.2. The number of anilines is 2. The fraction of sp³-hybridized carbons (Fsp3) is 0.0588. The highest BCUT2D eigenvalue weighted by atomic mass is 32.1. The lowest BCUT2D eigenvalue weighted by atomic mass is 10.1. The molecule has 3 aromatic rings. The third-order valence-corrected chi connectivity index (χ3v) is 3.99. The zero-order valence-corrected chi connectivity index (χ0v) is 13.9. The van der Waals surface area contributed by atoms with Crippen molar-refractivity contribution in [3.63, 3.8) is 0 Å². The number of carbonyl (C=O) groups is 2. The SMILES string of the molecule is CC(=O)Nc1ccc(-c2csc(NC(=O)c3ccncc3)n2)c(F)c1. The average Bonchev–Trinajstić information content (AvgIpc) is 3.03. The molecule has 0 aliphatic rings. The largest absolute Gasteiger partial charge is 0.326 e. The van der Waals surface area contributed by atoms with Crippen LogP contribution < -0.4 is 10.6 Å². The molecule has 0 aliphatic heterocycles. The van der Waals surface area contributed by atoms with Crippen LogP contribution in [0, 0.1) is 5.82 Å². The van der Waals surface area contributed by atoms with Crippen molar-refractivity contribution in [3.8, 4) is 11.3 Å². The monoisotopic (exact) mass is 356 g/mol. The van der Waals surface area contributed by atoms with Crippen molar-refractivity contribution in [3.05, 3.63) is 59.5 Å². The molecule has 2 N–H and O–H groups in total. The number of aromatic nitrogens is 2. The smallest absolute Gasteiger partial charge is 0.257 e. The van der Waals surface area contributed by atoms with Gasteiger partial charge in [0.15, 0.2) is 5.13 Å². The number of nitrogens with one attached hydrogen (secondary N) is 2. The van der Waals surface area contributed by atoms with Gasteiger partial charge in [-0.2, -0.15) is 0 Å². The second-order valence-electron chi connectivity index (χ2n) is 5.10. The normalized spacial score (nSPS) is 10.3. The Balaban J connectivity index is 1.77. The number of nitrogens with zero attached hydrogens (tertiary/aromatic N) is 2. The molecule has 3 rings (SSSR count). The maximum atomic E-state index is 14.2. The number of hydrogen-bond acceptors (Lipinski definition) is 5. The quantitative estimate of drug-likeness (QED) is 0.749. The highest BCUT2D eigenvalue weighted by Gasteiger charge is 2.13. The Kier molecular flexibility index (Phi) is 4.80. The van der Waals surface area contributed by atoms with Gasteiger partial charge in [0.05, 0.1) is 5.69 Å². The summed E-state index contributed by atoms with van der Waals surface area (Å²) in [4.78, 5) is 31.2. The second-order valence-corrected chi connectivity index (χ2v) is 5.96. The summed E-state index contributed by atoms with van der Waals surface area (Å²) in [6.45, 7) is 1.35. The fourth-order valence-corrected chi connectivity index (χ4v) is 2.84. The molecule has 1 aromatic carbocycles. The van der Waals surface area contributed by atoms with E-state index in [2.05, 4.69) is 20.6 Å². The van der Waals surface area contributed by atoms with Crippen molar-refractivity contribution < 1.29 is 14.0 Å². The standard InChI is InChI=1S/C17H13FN4O2S/c1-10(23)20-12-2-3-13(14(18)8-12)15-9-25-17(21-15)22-16(24)11-4-6-19-7-5-11/h2-9H,1H3,(H,20,23)(H,21,22,24). The van der Waals surface area contributed by atoms with Gasteiger partial charge < -0.3 is 5.32 Å². The molecule has 8 heteroatoms. The van der Waals surface area contributed by atoms with Crippen LogP contribution >= 0.6 is 11.3 Å². The van der Waals surface area contributed by atoms with Gasteiger partial charge >= 0.3 is 0 Å². The van der Waals surface area contributed by atoms with E-state index < -0.39 is 5.82 Å². The summed E-state index contributed by atoms with van der Waals surface area (Å²) in [7, 11) is 0. The number of benzene rings is 1. The molecular weight excluding hydrogens is 343 g/mol. The summed E-state index contributed by atoms with van der Waals surface area (Å²) in [5.74, 6) is -1.10. The molecule has 126 valence electrons. The van der Waals surface area contributed by atoms with Crippen molar-refractivity contribution in [2.45, 2.75) is 6.92 Å². The Morgan fingerprint density at radius 1 is 1.12 bits per heavy atom. The highest BCUT2D eigenvalue weighted by molar-refractivity contribution is 7.14. The predicted molar refractivity (Wildman–Crippen MR) is 94.0 cm³/mol. The first-order valence-electron chi connectivity index (χ1n) is 7.27. The van der Waals surface area contributed by atoms with Gasteiger partial charge in [-0.05, 0) is 30.3 Å². The van der Waals surface area contributed by atoms with Gasteiger partial charge in [-0.15, -0.1) is 11.3 Å². The molecule has 0 fully saturated rings. The van der Waals surface area contributed by atoms with Crippen molar-refractivity contribution in [1.29, 1.82) is 0 Å². The molecule has 0 atom stereocenters. The van der Waals surface area contributed by atoms with Gasteiger partial charge in [0.2, 0.25) is 5.91 Å². The molecule has 0 bridgehead atoms. The predicted octanol–water partition coefficient (Wildman–Crippen LogP) is 3.55. The van der Waals surface area contributed by atoms with Gasteiger partial charge in [0.1, 0.15) is 5.82 Å². The lowest BCUT2D eigenvalue weighted by Gasteiger charge is -2.05. The Labute approximate surface area is 146 Å². The first-order valence-corrected chi connectivity index (χ1v) is 8.15. The number of amides is 2. The number of halogens is 1. The van der Waals surface area contributed by atoms with Crippen LogP contribution in [0.15, 0.2) is 48.1 Å². The van der Waals surface area contributed by atoms with E-state index >= 15 is 0 Å². The zero-order chi connectivity index (χ0) is 17.8. The van der Waals surface area contributed by atoms with Gasteiger partial charge in [0.25, 0.3) is 5.91 Å². The molecule has 0 radical (unpaired) electrons. The Morgan fingerprint density at radius 2 is 1.88 bits per heavy atom. The average molecular weight is 356 g/mol. The molecule has 0 saturated carbocycles. The van der Waals surface area contributed by atoms with Gasteiger partial charge in [-0.1, -0.05) is 0 Å². The van der Waals surface area contributed by atoms with Crippen molar-refractivity contribution in [2.24, 2.45) is 0 Å². The third kappa shape index (κ3) is 4.04. The van der Waals surface area contributed by atoms with E-state index in [1.165, 1.54) is 42.8 Å². The minimum atomic E-state index is -0.511. The fourth-order valence-electron chi connectivity index (χ4n) is 2.13. The number of rotatable bonds is 4. The number of pyridine rings is 1. The van der Waals surface area contributed by atoms with Crippen LogP contribution in [0.5, 0.6) is 0 Å². The molecule has 2 aromatic heterocycles. The molecular formula is C17H13FN4O2S. The van der Waals surface area contributed by atoms with Gasteiger partial charge in [-0.25, -0.2) is 9.37 Å². The van der Waals surface area contributed by atoms with E-state index in [1.54, 1.807) is 23.6 Å². The van der Waals surface area contributed by atoms with Crippen molar-refractivity contribution in [1.82, 2.24) is 9.97 Å². The van der Waals surface area contributed by atoms with Crippen LogP contribution in [0.4, 0.5) is 15.2 Å². The van der Waals surface area contributed by atoms with Crippen LogP contribution in [0.3, 0.4) is 0 Å². The first-order chi connectivity index (χ1) is 12.0. The summed E-state index contributed by atoms with van der Waals surface area (Å²) >= 11 is 1.20. The van der Waals surface area contributed by atoms with Crippen LogP contribution in [-0.4, -0.2) is 21.8 Å². The van der Waals surface area contributed by atoms with Crippen LogP contribution in [0.2, 0.25) is 0 Å². The van der Waals surface area contributed by atoms with Crippen LogP contribution in [-0.2, 0) is 4.79 Å². The van der Waals surface area contributed by atoms with E-state index in [1.807, 2.05) is 0 Å². The Hall–Kier alpha value is -3.13. The summed E-state index contributed by atoms with van der Waals surface area (Å²) in [6.07, 6.45) is 3.04. The van der Waals surface area contributed by atoms with Crippen molar-refractivity contribution >= 4 is 34.0 Å². The number of carbonyl (C=O) groups excluding carboxylic acids is 2. The summed E-state index contributed by atoms with van der Waals surface area (Å²) in [6, 6.07) is 7.53. The minimum Gasteiger partial charge on any atom is -0.326 e. The molecule has 2 amide bonds. The van der Waals surface area contributed by atoms with Gasteiger partial charge in [-0.3, -0.25) is 19.9 Å². The molecule has 0 aliphatic carbocycles. The van der Waals surface area contributed by atoms with E-state index in [-0.39, 0.29) is 17.4 Å². The second kappa shape index (κ2) is 7.18. The number of thiazole rings is 1. The zero-order valence-electron chi connectivity index (χ0n) is 13.1. The van der Waals surface area contributed by atoms with Crippen molar-refractivity contribution in [2.75, 3.05) is 10.6 Å². The molecule has 0 saturated heterocycles. The highest BCUT2D eigenvalue weighted by Crippen LogP contribution is 2.28. The van der Waals surface area contributed by atoms with Crippen LogP contribution in [0.1, 0.15) is 17.3 Å². The summed E-state index contributed by atoms with van der Waals surface area (Å²) in [5.41, 5.74) is 1.52. The van der Waals surface area contributed by atoms with E-state index in [9.17, 15) is 14.0 Å². The minimum absolute atomic E-state index is 0.276. The molecule has 0 unspecified atom stereocenters. The molecule has 25 heavy (non-hydrogen) atoms.